The van der Waals surface area contributed by atoms with E-state index in [-0.39, 0.29) is 42.7 Å². The number of nitro benzene ring substituents is 1. The van der Waals surface area contributed by atoms with E-state index in [4.69, 9.17) is 0 Å². The first-order valence-corrected chi connectivity index (χ1v) is 9.52. The van der Waals surface area contributed by atoms with Crippen LogP contribution in [0.3, 0.4) is 0 Å². The van der Waals surface area contributed by atoms with Gasteiger partial charge in [-0.05, 0) is 30.3 Å². The maximum absolute atomic E-state index is 13.3. The molecule has 2 aromatic carbocycles. The summed E-state index contributed by atoms with van der Waals surface area (Å²) in [6.07, 6.45) is 0. The molecular weight excluding hydrogens is 377 g/mol. The predicted molar refractivity (Wildman–Crippen MR) is 94.2 cm³/mol. The van der Waals surface area contributed by atoms with E-state index in [1.165, 1.54) is 51.7 Å². The maximum Gasteiger partial charge on any atom is 0.269 e. The first-order valence-electron chi connectivity index (χ1n) is 8.08. The molecule has 0 bridgehead atoms. The number of sulfonamides is 1. The molecule has 0 unspecified atom stereocenters. The summed E-state index contributed by atoms with van der Waals surface area (Å²) < 4.78 is 39.7. The van der Waals surface area contributed by atoms with Gasteiger partial charge in [0.1, 0.15) is 5.82 Å². The van der Waals surface area contributed by atoms with Crippen molar-refractivity contribution in [2.45, 2.75) is 4.90 Å². The van der Waals surface area contributed by atoms with Crippen molar-refractivity contribution < 1.29 is 22.5 Å². The Morgan fingerprint density at radius 3 is 2.22 bits per heavy atom. The van der Waals surface area contributed by atoms with Crippen LogP contribution >= 0.6 is 0 Å². The van der Waals surface area contributed by atoms with Crippen LogP contribution in [0.2, 0.25) is 0 Å². The van der Waals surface area contributed by atoms with E-state index in [2.05, 4.69) is 0 Å². The second kappa shape index (κ2) is 7.41. The molecule has 0 N–H and O–H groups in total. The van der Waals surface area contributed by atoms with E-state index in [1.54, 1.807) is 0 Å². The molecule has 3 rings (SSSR count). The molecule has 0 saturated carbocycles. The summed E-state index contributed by atoms with van der Waals surface area (Å²) in [5.41, 5.74) is 0.180. The molecule has 0 aliphatic carbocycles. The van der Waals surface area contributed by atoms with Gasteiger partial charge in [0.25, 0.3) is 11.6 Å². The van der Waals surface area contributed by atoms with Gasteiger partial charge in [0, 0.05) is 43.9 Å². The first-order chi connectivity index (χ1) is 12.8. The van der Waals surface area contributed by atoms with Crippen molar-refractivity contribution in [1.82, 2.24) is 9.21 Å². The molecule has 1 aliphatic heterocycles. The van der Waals surface area contributed by atoms with E-state index < -0.39 is 20.8 Å². The van der Waals surface area contributed by atoms with Crippen LogP contribution in [0.4, 0.5) is 10.1 Å². The van der Waals surface area contributed by atoms with Crippen LogP contribution in [0.5, 0.6) is 0 Å². The molecule has 1 amide bonds. The van der Waals surface area contributed by atoms with Crippen molar-refractivity contribution in [2.75, 3.05) is 26.2 Å². The number of halogens is 1. The highest BCUT2D eigenvalue weighted by Crippen LogP contribution is 2.20. The summed E-state index contributed by atoms with van der Waals surface area (Å²) in [6, 6.07) is 10.0. The highest BCUT2D eigenvalue weighted by atomic mass is 32.2. The standard InChI is InChI=1S/C17H16FN3O5S/c18-14-2-1-3-16(12-14)27(25,26)20-10-8-19(9-11-20)17(22)13-4-6-15(7-5-13)21(23)24/h1-7,12H,8-11H2. The van der Waals surface area contributed by atoms with Crippen molar-refractivity contribution in [1.29, 1.82) is 0 Å². The minimum Gasteiger partial charge on any atom is -0.336 e. The molecule has 142 valence electrons. The van der Waals surface area contributed by atoms with Gasteiger partial charge in [-0.2, -0.15) is 4.31 Å². The molecule has 1 saturated heterocycles. The van der Waals surface area contributed by atoms with Gasteiger partial charge in [-0.3, -0.25) is 14.9 Å². The summed E-state index contributed by atoms with van der Waals surface area (Å²) in [6.45, 7) is 0.504. The SMILES string of the molecule is O=C(c1ccc([N+](=O)[O-])cc1)N1CCN(S(=O)(=O)c2cccc(F)c2)CC1. The number of nitro groups is 1. The number of carbonyl (C=O) groups is 1. The fourth-order valence-electron chi connectivity index (χ4n) is 2.82. The normalized spacial score (nSPS) is 15.5. The van der Waals surface area contributed by atoms with Crippen molar-refractivity contribution >= 4 is 21.6 Å². The fourth-order valence-corrected chi connectivity index (χ4v) is 4.27. The third-order valence-electron chi connectivity index (χ3n) is 4.28. The number of amides is 1. The molecular formula is C17H16FN3O5S. The van der Waals surface area contributed by atoms with Gasteiger partial charge in [0.05, 0.1) is 9.82 Å². The summed E-state index contributed by atoms with van der Waals surface area (Å²) >= 11 is 0. The number of benzene rings is 2. The highest BCUT2D eigenvalue weighted by Gasteiger charge is 2.30. The number of piperazine rings is 1. The average Bonchev–Trinajstić information content (AvgIpc) is 2.67. The number of rotatable bonds is 4. The van der Waals surface area contributed by atoms with E-state index >= 15 is 0 Å². The minimum atomic E-state index is -3.83. The first kappa shape index (κ1) is 18.9. The van der Waals surface area contributed by atoms with Gasteiger partial charge < -0.3 is 4.90 Å². The largest absolute Gasteiger partial charge is 0.336 e. The number of nitrogens with zero attached hydrogens (tertiary/aromatic N) is 3. The van der Waals surface area contributed by atoms with Gasteiger partial charge in [-0.1, -0.05) is 6.07 Å². The zero-order chi connectivity index (χ0) is 19.6. The Morgan fingerprint density at radius 2 is 1.67 bits per heavy atom. The van der Waals surface area contributed by atoms with Crippen molar-refractivity contribution in [2.24, 2.45) is 0 Å². The Morgan fingerprint density at radius 1 is 1.04 bits per heavy atom. The summed E-state index contributed by atoms with van der Waals surface area (Å²) in [7, 11) is -3.83. The predicted octanol–water partition coefficient (Wildman–Crippen LogP) is 1.88. The molecule has 0 aromatic heterocycles. The smallest absolute Gasteiger partial charge is 0.269 e. The second-order valence-electron chi connectivity index (χ2n) is 5.96. The van der Waals surface area contributed by atoms with Crippen LogP contribution in [0.15, 0.2) is 53.4 Å². The molecule has 0 atom stereocenters. The summed E-state index contributed by atoms with van der Waals surface area (Å²) in [4.78, 5) is 24.0. The number of non-ortho nitro benzene ring substituents is 1. The highest BCUT2D eigenvalue weighted by molar-refractivity contribution is 7.89. The monoisotopic (exact) mass is 393 g/mol. The van der Waals surface area contributed by atoms with E-state index in [0.29, 0.717) is 5.56 Å². The molecule has 10 heteroatoms. The molecule has 0 radical (unpaired) electrons. The van der Waals surface area contributed by atoms with Crippen molar-refractivity contribution in [3.63, 3.8) is 0 Å². The molecule has 1 aliphatic rings. The molecule has 1 fully saturated rings. The lowest BCUT2D eigenvalue weighted by molar-refractivity contribution is -0.384. The van der Waals surface area contributed by atoms with Gasteiger partial charge in [0.2, 0.25) is 10.0 Å². The Bertz CT molecular complexity index is 970. The van der Waals surface area contributed by atoms with Crippen LogP contribution < -0.4 is 0 Å². The average molecular weight is 393 g/mol. The topological polar surface area (TPSA) is 101 Å². The third kappa shape index (κ3) is 3.96. The lowest BCUT2D eigenvalue weighted by atomic mass is 10.1. The fraction of sp³-hybridized carbons (Fsp3) is 0.235. The van der Waals surface area contributed by atoms with E-state index in [1.807, 2.05) is 0 Å². The molecule has 1 heterocycles. The molecule has 27 heavy (non-hydrogen) atoms. The van der Waals surface area contributed by atoms with Gasteiger partial charge in [0.15, 0.2) is 0 Å². The van der Waals surface area contributed by atoms with Crippen molar-refractivity contribution in [3.8, 4) is 0 Å². The van der Waals surface area contributed by atoms with Gasteiger partial charge in [-0.25, -0.2) is 12.8 Å². The van der Waals surface area contributed by atoms with E-state index in [0.717, 1.165) is 6.07 Å². The Kier molecular flexibility index (Phi) is 5.19. The van der Waals surface area contributed by atoms with Crippen LogP contribution in [-0.2, 0) is 10.0 Å². The van der Waals surface area contributed by atoms with Crippen LogP contribution in [0.1, 0.15) is 10.4 Å². The third-order valence-corrected chi connectivity index (χ3v) is 6.18. The lowest BCUT2D eigenvalue weighted by Gasteiger charge is -2.34. The zero-order valence-electron chi connectivity index (χ0n) is 14.1. The number of hydrogen-bond acceptors (Lipinski definition) is 5. The maximum atomic E-state index is 13.3. The van der Waals surface area contributed by atoms with Crippen molar-refractivity contribution in [3.05, 3.63) is 70.0 Å². The number of hydrogen-bond donors (Lipinski definition) is 0. The molecule has 0 spiro atoms. The van der Waals surface area contributed by atoms with Crippen LogP contribution in [0.25, 0.3) is 0 Å². The quantitative estimate of drug-likeness (QED) is 0.583. The zero-order valence-corrected chi connectivity index (χ0v) is 14.9. The van der Waals surface area contributed by atoms with Crippen LogP contribution in [-0.4, -0.2) is 54.6 Å². The van der Waals surface area contributed by atoms with Gasteiger partial charge in [-0.15, -0.1) is 0 Å². The summed E-state index contributed by atoms with van der Waals surface area (Å²) in [5.74, 6) is -0.962. The van der Waals surface area contributed by atoms with E-state index in [9.17, 15) is 27.7 Å². The Labute approximate surface area is 155 Å². The second-order valence-corrected chi connectivity index (χ2v) is 7.90. The Balaban J connectivity index is 1.67. The Hall–Kier alpha value is -2.85. The minimum absolute atomic E-state index is 0.0809. The lowest BCUT2D eigenvalue weighted by Crippen LogP contribution is -2.50. The van der Waals surface area contributed by atoms with Gasteiger partial charge >= 0.3 is 0 Å². The molecule has 8 nitrogen and oxygen atoms in total. The van der Waals surface area contributed by atoms with Crippen LogP contribution in [0, 0.1) is 15.9 Å². The summed E-state index contributed by atoms with van der Waals surface area (Å²) in [5, 5.41) is 10.7. The number of carbonyl (C=O) groups excluding carboxylic acids is 1. The molecule has 2 aromatic rings.